The van der Waals surface area contributed by atoms with Gasteiger partial charge in [0.1, 0.15) is 0 Å². The van der Waals surface area contributed by atoms with Crippen LogP contribution < -0.4 is 5.32 Å². The maximum Gasteiger partial charge on any atom is 0.251 e. The van der Waals surface area contributed by atoms with Gasteiger partial charge in [-0.05, 0) is 23.6 Å². The second-order valence-corrected chi connectivity index (χ2v) is 5.12. The van der Waals surface area contributed by atoms with E-state index in [1.165, 1.54) is 0 Å². The van der Waals surface area contributed by atoms with E-state index >= 15 is 0 Å². The summed E-state index contributed by atoms with van der Waals surface area (Å²) >= 11 is 3.37. The molecule has 1 rings (SSSR count). The first-order chi connectivity index (χ1) is 8.63. The van der Waals surface area contributed by atoms with Crippen LogP contribution in [0.2, 0.25) is 0 Å². The number of carbonyl (C=O) groups is 1. The molecule has 18 heavy (non-hydrogen) atoms. The molecule has 4 heteroatoms. The summed E-state index contributed by atoms with van der Waals surface area (Å²) in [6, 6.07) is 7.56. The molecule has 0 saturated carbocycles. The quantitative estimate of drug-likeness (QED) is 0.621. The zero-order valence-corrected chi connectivity index (χ0v) is 12.5. The van der Waals surface area contributed by atoms with Gasteiger partial charge < -0.3 is 10.1 Å². The average molecular weight is 314 g/mol. The SMILES string of the molecule is CC(C)COCCNC(=O)c1ccc(CBr)cc1. The Labute approximate surface area is 117 Å². The molecule has 1 aromatic rings. The number of benzene rings is 1. The van der Waals surface area contributed by atoms with E-state index < -0.39 is 0 Å². The van der Waals surface area contributed by atoms with Crippen LogP contribution in [0.4, 0.5) is 0 Å². The van der Waals surface area contributed by atoms with Crippen LogP contribution in [0.15, 0.2) is 24.3 Å². The van der Waals surface area contributed by atoms with Crippen molar-refractivity contribution in [3.05, 3.63) is 35.4 Å². The predicted octanol–water partition coefficient (Wildman–Crippen LogP) is 2.98. The first kappa shape index (κ1) is 15.2. The minimum atomic E-state index is -0.0516. The van der Waals surface area contributed by atoms with Crippen LogP contribution in [-0.2, 0) is 10.1 Å². The average Bonchev–Trinajstić information content (AvgIpc) is 2.38. The zero-order chi connectivity index (χ0) is 13.4. The molecular weight excluding hydrogens is 294 g/mol. The first-order valence-corrected chi connectivity index (χ1v) is 7.26. The van der Waals surface area contributed by atoms with Crippen LogP contribution in [0, 0.1) is 5.92 Å². The van der Waals surface area contributed by atoms with Crippen molar-refractivity contribution in [3.8, 4) is 0 Å². The Bertz CT molecular complexity index is 363. The highest BCUT2D eigenvalue weighted by atomic mass is 79.9. The highest BCUT2D eigenvalue weighted by Gasteiger charge is 2.04. The lowest BCUT2D eigenvalue weighted by Crippen LogP contribution is -2.27. The predicted molar refractivity (Wildman–Crippen MR) is 77.1 cm³/mol. The van der Waals surface area contributed by atoms with Gasteiger partial charge >= 0.3 is 0 Å². The van der Waals surface area contributed by atoms with E-state index in [1.807, 2.05) is 24.3 Å². The van der Waals surface area contributed by atoms with Crippen LogP contribution >= 0.6 is 15.9 Å². The standard InChI is InChI=1S/C14H20BrNO2/c1-11(2)10-18-8-7-16-14(17)13-5-3-12(9-15)4-6-13/h3-6,11H,7-10H2,1-2H3,(H,16,17). The van der Waals surface area contributed by atoms with Gasteiger partial charge in [-0.15, -0.1) is 0 Å². The van der Waals surface area contributed by atoms with Crippen molar-refractivity contribution in [2.24, 2.45) is 5.92 Å². The largest absolute Gasteiger partial charge is 0.379 e. The maximum absolute atomic E-state index is 11.8. The fourth-order valence-electron chi connectivity index (χ4n) is 1.40. The lowest BCUT2D eigenvalue weighted by molar-refractivity contribution is 0.0886. The molecule has 1 N–H and O–H groups in total. The van der Waals surface area contributed by atoms with Crippen molar-refractivity contribution >= 4 is 21.8 Å². The summed E-state index contributed by atoms with van der Waals surface area (Å²) in [5, 5.41) is 3.64. The molecule has 0 aliphatic heterocycles. The third-order valence-corrected chi connectivity index (χ3v) is 3.00. The molecular formula is C14H20BrNO2. The normalized spacial score (nSPS) is 10.7. The van der Waals surface area contributed by atoms with Crippen molar-refractivity contribution < 1.29 is 9.53 Å². The Morgan fingerprint density at radius 1 is 1.33 bits per heavy atom. The third-order valence-electron chi connectivity index (χ3n) is 2.35. The Morgan fingerprint density at radius 2 is 2.00 bits per heavy atom. The van der Waals surface area contributed by atoms with Crippen LogP contribution in [-0.4, -0.2) is 25.7 Å². The number of nitrogens with one attached hydrogen (secondary N) is 1. The van der Waals surface area contributed by atoms with E-state index in [2.05, 4.69) is 35.1 Å². The third kappa shape index (κ3) is 5.65. The first-order valence-electron chi connectivity index (χ1n) is 6.14. The minimum Gasteiger partial charge on any atom is -0.379 e. The van der Waals surface area contributed by atoms with Crippen molar-refractivity contribution in [1.29, 1.82) is 0 Å². The van der Waals surface area contributed by atoms with Crippen molar-refractivity contribution in [2.75, 3.05) is 19.8 Å². The Hall–Kier alpha value is -0.870. The Morgan fingerprint density at radius 3 is 2.56 bits per heavy atom. The van der Waals surface area contributed by atoms with Gasteiger partial charge in [-0.3, -0.25) is 4.79 Å². The van der Waals surface area contributed by atoms with E-state index in [9.17, 15) is 4.79 Å². The monoisotopic (exact) mass is 313 g/mol. The number of carbonyl (C=O) groups excluding carboxylic acids is 1. The summed E-state index contributed by atoms with van der Waals surface area (Å²) in [5.41, 5.74) is 1.84. The van der Waals surface area contributed by atoms with Crippen LogP contribution in [0.5, 0.6) is 0 Å². The summed E-state index contributed by atoms with van der Waals surface area (Å²) in [7, 11) is 0. The summed E-state index contributed by atoms with van der Waals surface area (Å²) in [6.45, 7) is 6.04. The molecule has 0 unspecified atom stereocenters. The van der Waals surface area contributed by atoms with Gasteiger partial charge in [-0.25, -0.2) is 0 Å². The molecule has 0 radical (unpaired) electrons. The maximum atomic E-state index is 11.8. The smallest absolute Gasteiger partial charge is 0.251 e. The van der Waals surface area contributed by atoms with Crippen molar-refractivity contribution in [2.45, 2.75) is 19.2 Å². The number of ether oxygens (including phenoxy) is 1. The topological polar surface area (TPSA) is 38.3 Å². The van der Waals surface area contributed by atoms with E-state index in [4.69, 9.17) is 4.74 Å². The highest BCUT2D eigenvalue weighted by Crippen LogP contribution is 2.07. The molecule has 1 amide bonds. The summed E-state index contributed by atoms with van der Waals surface area (Å²) in [6.07, 6.45) is 0. The van der Waals surface area contributed by atoms with Gasteiger partial charge in [0.2, 0.25) is 0 Å². The molecule has 0 spiro atoms. The van der Waals surface area contributed by atoms with Crippen LogP contribution in [0.25, 0.3) is 0 Å². The molecule has 1 aromatic carbocycles. The van der Waals surface area contributed by atoms with Gasteiger partial charge in [-0.2, -0.15) is 0 Å². The highest BCUT2D eigenvalue weighted by molar-refractivity contribution is 9.08. The van der Waals surface area contributed by atoms with Crippen molar-refractivity contribution in [3.63, 3.8) is 0 Å². The Balaban J connectivity index is 2.27. The summed E-state index contributed by atoms with van der Waals surface area (Å²) in [5.74, 6) is 0.474. The number of alkyl halides is 1. The van der Waals surface area contributed by atoms with Gasteiger partial charge in [0.15, 0.2) is 0 Å². The number of hydrogen-bond donors (Lipinski definition) is 1. The molecule has 0 heterocycles. The number of amides is 1. The molecule has 0 bridgehead atoms. The number of rotatable bonds is 7. The molecule has 0 aliphatic carbocycles. The lowest BCUT2D eigenvalue weighted by Gasteiger charge is -2.08. The fourth-order valence-corrected chi connectivity index (χ4v) is 1.78. The molecule has 0 aromatic heterocycles. The van der Waals surface area contributed by atoms with E-state index in [0.717, 1.165) is 17.5 Å². The van der Waals surface area contributed by atoms with E-state index in [0.29, 0.717) is 24.6 Å². The van der Waals surface area contributed by atoms with Crippen molar-refractivity contribution in [1.82, 2.24) is 5.32 Å². The fraction of sp³-hybridized carbons (Fsp3) is 0.500. The van der Waals surface area contributed by atoms with Gasteiger partial charge in [0, 0.05) is 24.0 Å². The van der Waals surface area contributed by atoms with Crippen LogP contribution in [0.3, 0.4) is 0 Å². The summed E-state index contributed by atoms with van der Waals surface area (Å²) < 4.78 is 5.40. The van der Waals surface area contributed by atoms with E-state index in [1.54, 1.807) is 0 Å². The second kappa shape index (κ2) is 8.27. The molecule has 0 fully saturated rings. The van der Waals surface area contributed by atoms with Gasteiger partial charge in [0.25, 0.3) is 5.91 Å². The van der Waals surface area contributed by atoms with Gasteiger partial charge in [0.05, 0.1) is 6.61 Å². The minimum absolute atomic E-state index is 0.0516. The molecule has 0 saturated heterocycles. The van der Waals surface area contributed by atoms with Gasteiger partial charge in [-0.1, -0.05) is 41.9 Å². The second-order valence-electron chi connectivity index (χ2n) is 4.56. The number of hydrogen-bond acceptors (Lipinski definition) is 2. The molecule has 3 nitrogen and oxygen atoms in total. The molecule has 100 valence electrons. The zero-order valence-electron chi connectivity index (χ0n) is 10.9. The lowest BCUT2D eigenvalue weighted by atomic mass is 10.1. The number of halogens is 1. The molecule has 0 atom stereocenters. The summed E-state index contributed by atoms with van der Waals surface area (Å²) in [4.78, 5) is 11.8. The van der Waals surface area contributed by atoms with E-state index in [-0.39, 0.29) is 5.91 Å². The Kier molecular flexibility index (Phi) is 6.98. The molecule has 0 aliphatic rings. The van der Waals surface area contributed by atoms with Crippen LogP contribution in [0.1, 0.15) is 29.8 Å².